The molecule has 0 spiro atoms. The van der Waals surface area contributed by atoms with Gasteiger partial charge in [-0.25, -0.2) is 0 Å². The molecule has 0 N–H and O–H groups in total. The van der Waals surface area contributed by atoms with Gasteiger partial charge in [0.25, 0.3) is 0 Å². The summed E-state index contributed by atoms with van der Waals surface area (Å²) in [5.74, 6) is 0.843. The van der Waals surface area contributed by atoms with Crippen LogP contribution in [0.3, 0.4) is 0 Å². The third kappa shape index (κ3) is 32.3. The highest BCUT2D eigenvalue weighted by molar-refractivity contribution is 6.60. The van der Waals surface area contributed by atoms with Gasteiger partial charge < -0.3 is 13.3 Å². The molecule has 0 aliphatic carbocycles. The average Bonchev–Trinajstić information content (AvgIpc) is 3.05. The van der Waals surface area contributed by atoms with Crippen molar-refractivity contribution in [3.8, 4) is 0 Å². The fourth-order valence-corrected chi connectivity index (χ4v) is 8.63. The summed E-state index contributed by atoms with van der Waals surface area (Å²) in [6.45, 7) is 0. The number of rotatable bonds is 39. The van der Waals surface area contributed by atoms with Gasteiger partial charge in [0.2, 0.25) is 0 Å². The third-order valence-electron chi connectivity index (χ3n) is 9.80. The molecule has 266 valence electrons. The number of halogens is 1. The van der Waals surface area contributed by atoms with Crippen molar-refractivity contribution in [2.75, 3.05) is 27.2 Å². The Kier molecular flexibility index (Phi) is 38.2. The van der Waals surface area contributed by atoms with Crippen LogP contribution in [0.15, 0.2) is 0 Å². The Morgan fingerprint density at radius 3 is 0.591 bits per heavy atom. The van der Waals surface area contributed by atoms with Gasteiger partial charge in [-0.1, -0.05) is 205 Å². The first-order valence-electron chi connectivity index (χ1n) is 20.0. The maximum absolute atomic E-state index is 5.73. The van der Waals surface area contributed by atoms with Gasteiger partial charge in [0.1, 0.15) is 0 Å². The van der Waals surface area contributed by atoms with Crippen molar-refractivity contribution in [1.82, 2.24) is 0 Å². The fraction of sp³-hybridized carbons (Fsp3) is 1.00. The minimum Gasteiger partial charge on any atom is -0.377 e. The van der Waals surface area contributed by atoms with Gasteiger partial charge in [0.15, 0.2) is 0 Å². The van der Waals surface area contributed by atoms with Crippen LogP contribution in [0.1, 0.15) is 218 Å². The Labute approximate surface area is 284 Å². The Hall–Kier alpha value is 0.387. The van der Waals surface area contributed by atoms with E-state index in [9.17, 15) is 0 Å². The van der Waals surface area contributed by atoms with E-state index in [0.29, 0.717) is 0 Å². The lowest BCUT2D eigenvalue weighted by molar-refractivity contribution is 0.122. The van der Waals surface area contributed by atoms with Crippen molar-refractivity contribution >= 4 is 20.4 Å². The normalized spacial score (nSPS) is 12.0. The Morgan fingerprint density at radius 2 is 0.432 bits per heavy atom. The predicted octanol–water partition coefficient (Wildman–Crippen LogP) is 14.4. The van der Waals surface area contributed by atoms with Gasteiger partial charge in [0.05, 0.1) is 0 Å². The molecule has 0 aliphatic heterocycles. The van der Waals surface area contributed by atoms with E-state index in [2.05, 4.69) is 0 Å². The van der Waals surface area contributed by atoms with Gasteiger partial charge in [-0.05, 0) is 12.8 Å². The lowest BCUT2D eigenvalue weighted by Crippen LogP contribution is -2.42. The average molecular weight is 662 g/mol. The van der Waals surface area contributed by atoms with Crippen molar-refractivity contribution in [3.63, 3.8) is 0 Å². The smallest absolute Gasteiger partial charge is 0.377 e. The summed E-state index contributed by atoms with van der Waals surface area (Å²) < 4.78 is 16.5. The zero-order chi connectivity index (χ0) is 32.1. The second-order valence-electron chi connectivity index (χ2n) is 13.8. The second kappa shape index (κ2) is 37.8. The Morgan fingerprint density at radius 1 is 0.273 bits per heavy atom. The molecule has 44 heavy (non-hydrogen) atoms. The molecule has 0 bridgehead atoms. The molecule has 0 saturated carbocycles. The van der Waals surface area contributed by atoms with Gasteiger partial charge in [0, 0.05) is 33.3 Å². The van der Waals surface area contributed by atoms with Crippen LogP contribution in [0.5, 0.6) is 0 Å². The highest BCUT2D eigenvalue weighted by Crippen LogP contribution is 2.20. The largest absolute Gasteiger partial charge is 0.500 e. The minimum absolute atomic E-state index is 0.843. The summed E-state index contributed by atoms with van der Waals surface area (Å²) >= 11 is 5.73. The molecule has 0 unspecified atom stereocenters. The quantitative estimate of drug-likeness (QED) is 0.0373. The number of alkyl halides is 1. The third-order valence-corrected chi connectivity index (χ3v) is 12.9. The van der Waals surface area contributed by atoms with E-state index >= 15 is 0 Å². The zero-order valence-corrected chi connectivity index (χ0v) is 32.3. The van der Waals surface area contributed by atoms with Crippen molar-refractivity contribution in [3.05, 3.63) is 0 Å². The number of unbranched alkanes of at least 4 members (excludes halogenated alkanes) is 33. The van der Waals surface area contributed by atoms with Crippen molar-refractivity contribution in [2.24, 2.45) is 0 Å². The summed E-state index contributed by atoms with van der Waals surface area (Å²) in [6.07, 6.45) is 48.5. The summed E-state index contributed by atoms with van der Waals surface area (Å²) in [6, 6.07) is 0.939. The van der Waals surface area contributed by atoms with Gasteiger partial charge in [-0.2, -0.15) is 0 Å². The number of hydrogen-bond donors (Lipinski definition) is 0. The molecule has 0 fully saturated rings. The fourth-order valence-electron chi connectivity index (χ4n) is 6.65. The first-order chi connectivity index (χ1) is 21.7. The topological polar surface area (TPSA) is 27.7 Å². The van der Waals surface area contributed by atoms with Crippen molar-refractivity contribution in [1.29, 1.82) is 0 Å². The summed E-state index contributed by atoms with van der Waals surface area (Å²) in [7, 11) is 2.79. The molecule has 5 heteroatoms. The minimum atomic E-state index is -2.35. The lowest BCUT2D eigenvalue weighted by atomic mass is 10.0. The van der Waals surface area contributed by atoms with E-state index in [1.54, 1.807) is 21.3 Å². The molecule has 0 aromatic heterocycles. The molecular weight excluding hydrogens is 580 g/mol. The van der Waals surface area contributed by atoms with E-state index in [4.69, 9.17) is 24.9 Å². The van der Waals surface area contributed by atoms with E-state index in [1.165, 1.54) is 212 Å². The van der Waals surface area contributed by atoms with Gasteiger partial charge >= 0.3 is 8.80 Å². The Balaban J connectivity index is 3.11. The van der Waals surface area contributed by atoms with E-state index < -0.39 is 8.80 Å². The van der Waals surface area contributed by atoms with Crippen LogP contribution in [-0.4, -0.2) is 36.0 Å². The molecule has 0 atom stereocenters. The maximum Gasteiger partial charge on any atom is 0.500 e. The Bertz CT molecular complexity index is 509. The zero-order valence-electron chi connectivity index (χ0n) is 30.6. The summed E-state index contributed by atoms with van der Waals surface area (Å²) in [4.78, 5) is 0. The molecule has 0 aliphatic rings. The van der Waals surface area contributed by atoms with Crippen LogP contribution in [0.25, 0.3) is 0 Å². The van der Waals surface area contributed by atoms with E-state index in [1.807, 2.05) is 0 Å². The van der Waals surface area contributed by atoms with Gasteiger partial charge in [-0.3, -0.25) is 0 Å². The first-order valence-corrected chi connectivity index (χ1v) is 22.4. The highest BCUT2D eigenvalue weighted by atomic mass is 35.5. The van der Waals surface area contributed by atoms with Crippen LogP contribution >= 0.6 is 11.6 Å². The predicted molar refractivity (Wildman–Crippen MR) is 199 cm³/mol. The highest BCUT2D eigenvalue weighted by Gasteiger charge is 2.36. The number of hydrogen-bond acceptors (Lipinski definition) is 3. The molecule has 0 saturated heterocycles. The molecule has 0 aromatic carbocycles. The monoisotopic (exact) mass is 661 g/mol. The maximum atomic E-state index is 5.73. The molecule has 3 nitrogen and oxygen atoms in total. The molecule has 0 amide bonds. The van der Waals surface area contributed by atoms with E-state index in [0.717, 1.165) is 18.3 Å². The lowest BCUT2D eigenvalue weighted by Gasteiger charge is -2.24. The standard InChI is InChI=1S/C39H81ClO3Si/c1-41-44(42-2,43-3)39-37-35-33-31-29-27-25-23-21-19-17-15-13-11-9-7-5-4-6-8-10-12-14-16-18-20-22-24-26-28-30-32-34-36-38-40/h4-39H2,1-3H3. The SMILES string of the molecule is CO[Si](CCCCCCCCCCCCCCCCCCCCCCCCCCCCCCCCCCCCCl)(OC)OC. The van der Waals surface area contributed by atoms with Crippen LogP contribution in [0, 0.1) is 0 Å². The van der Waals surface area contributed by atoms with Gasteiger partial charge in [-0.15, -0.1) is 11.6 Å². The first kappa shape index (κ1) is 44.4. The summed E-state index contributed by atoms with van der Waals surface area (Å²) in [5.41, 5.74) is 0. The molecule has 0 radical (unpaired) electrons. The van der Waals surface area contributed by atoms with Crippen molar-refractivity contribution in [2.45, 2.75) is 224 Å². The molecule has 0 heterocycles. The molecule has 0 rings (SSSR count). The summed E-state index contributed by atoms with van der Waals surface area (Å²) in [5, 5.41) is 0. The molecule has 0 aromatic rings. The van der Waals surface area contributed by atoms with Crippen LogP contribution in [0.4, 0.5) is 0 Å². The second-order valence-corrected chi connectivity index (χ2v) is 17.2. The van der Waals surface area contributed by atoms with Crippen LogP contribution in [0.2, 0.25) is 6.04 Å². The molecular formula is C39H81ClO3Si. The van der Waals surface area contributed by atoms with Crippen LogP contribution in [-0.2, 0) is 13.3 Å². The van der Waals surface area contributed by atoms with Crippen molar-refractivity contribution < 1.29 is 13.3 Å². The van der Waals surface area contributed by atoms with E-state index in [-0.39, 0.29) is 0 Å². The van der Waals surface area contributed by atoms with Crippen LogP contribution < -0.4 is 0 Å².